The number of fused-ring (bicyclic) bond motifs is 6. The van der Waals surface area contributed by atoms with E-state index in [1.165, 1.54) is 15.4 Å². The summed E-state index contributed by atoms with van der Waals surface area (Å²) in [5.41, 5.74) is 11.8. The van der Waals surface area contributed by atoms with Crippen LogP contribution in [0.25, 0.3) is 33.7 Å². The van der Waals surface area contributed by atoms with Crippen molar-refractivity contribution in [2.45, 2.75) is 152 Å². The molecule has 24 nitrogen and oxygen atoms in total. The van der Waals surface area contributed by atoms with Gasteiger partial charge in [-0.3, -0.25) is 43.3 Å². The second kappa shape index (κ2) is 41.5. The molecule has 702 valence electrons. The van der Waals surface area contributed by atoms with Crippen molar-refractivity contribution in [2.24, 2.45) is 37.8 Å². The number of hydrogen-bond donors (Lipinski definition) is 5. The van der Waals surface area contributed by atoms with E-state index in [4.69, 9.17) is 60.9 Å². The molecule has 0 saturated carbocycles. The number of nitrogens with one attached hydrogen (secondary N) is 3. The van der Waals surface area contributed by atoms with Crippen molar-refractivity contribution in [2.75, 3.05) is 72.6 Å². The largest absolute Gasteiger partial charge is 0.457 e. The van der Waals surface area contributed by atoms with E-state index in [9.17, 15) is 29.4 Å². The fourth-order valence-corrected chi connectivity index (χ4v) is 21.9. The van der Waals surface area contributed by atoms with Gasteiger partial charge < -0.3 is 64.4 Å². The smallest absolute Gasteiger partial charge is 0.226 e. The van der Waals surface area contributed by atoms with Gasteiger partial charge in [0, 0.05) is 146 Å². The van der Waals surface area contributed by atoms with Crippen LogP contribution in [-0.2, 0) is 91.2 Å². The van der Waals surface area contributed by atoms with Gasteiger partial charge in [-0.25, -0.2) is 9.97 Å². The molecular formula is C107H114Cl4N12O12. The molecular weight excluding hydrogens is 1790 g/mol. The molecule has 4 bridgehead atoms. The molecule has 8 aliphatic rings. The van der Waals surface area contributed by atoms with Gasteiger partial charge >= 0.3 is 0 Å². The highest BCUT2D eigenvalue weighted by Gasteiger charge is 2.49. The number of piperidine rings is 2. The lowest BCUT2D eigenvalue weighted by molar-refractivity contribution is -0.148. The molecule has 18 rings (SSSR count). The average molecular weight is 1900 g/mol. The molecule has 10 atom stereocenters. The van der Waals surface area contributed by atoms with Crippen LogP contribution in [0.4, 0.5) is 0 Å². The molecule has 5 N–H and O–H groups in total. The van der Waals surface area contributed by atoms with Crippen molar-refractivity contribution in [1.29, 1.82) is 0 Å². The Morgan fingerprint density at radius 1 is 0.481 bits per heavy atom. The fourth-order valence-electron chi connectivity index (χ4n) is 21.3. The van der Waals surface area contributed by atoms with Crippen molar-refractivity contribution in [3.63, 3.8) is 0 Å². The van der Waals surface area contributed by atoms with E-state index in [2.05, 4.69) is 78.4 Å². The number of aliphatic hydroxyl groups excluding tert-OH is 2. The molecule has 6 aliphatic heterocycles. The molecule has 28 heteroatoms. The second-order valence-electron chi connectivity index (χ2n) is 37.8. The lowest BCUT2D eigenvalue weighted by Crippen LogP contribution is -2.63. The first-order valence-corrected chi connectivity index (χ1v) is 48.3. The van der Waals surface area contributed by atoms with Gasteiger partial charge in [0.25, 0.3) is 0 Å². The number of likely N-dealkylation sites (N-methyl/N-ethyl adjacent to an activating group) is 1. The lowest BCUT2D eigenvalue weighted by Gasteiger charge is -2.46. The number of amides is 6. The highest BCUT2D eigenvalue weighted by atomic mass is 35.5. The molecule has 2 aliphatic carbocycles. The van der Waals surface area contributed by atoms with Gasteiger partial charge in [0.15, 0.2) is 11.6 Å². The first kappa shape index (κ1) is 95.2. The topological polar surface area (TPSA) is 283 Å². The molecule has 135 heavy (non-hydrogen) atoms. The van der Waals surface area contributed by atoms with Crippen molar-refractivity contribution in [1.82, 2.24) is 59.6 Å². The third-order valence-corrected chi connectivity index (χ3v) is 29.7. The standard InChI is InChI=1S/C54H58Cl2N6O6.C53H56Cl2N6O6/c1-34-48(64)25-40(32-63)52(66)58-54(28-35-9-15-41(55)16-10-35)22-6-23-61(33-54)53(67)46(45-20-14-36-7-4-5-8-44(36)45)27-50(65)62(34)31-38-11-17-42(56)26-49(38)68-43-18-12-37(13-19-43)47-29-57-51(60(47)3)39-21-24-59(2)30-39;1-33-47(63)24-39(31-62)51(65)58-53(27-34-8-14-40(54)15-9-34)21-5-23-60(32-53)52(66)45(44-19-13-35-6-3-4-7-43(35)44)26-49(64)61(33)30-38-10-16-41(55)25-48(38)67-42-17-11-36(12-18-42)46-29-57-50(59(46)2)37-20-22-56-28-37/h4-5,7-13,15-19,21,26,29,34,40,45-46,63H,6,14,20,22-25,27-28,30-33H2,1-3H3,(H,58,66);3-4,6-12,14-18,20,25,29,33,39,44-45,56,62H,5,13,19,21-24,26-28,30-32H2,1-2H3,(H,58,65)/t34-,40-,45+,46-,54+;33-,39-,44+,45-,53+/m00/s1. The molecule has 8 aromatic carbocycles. The summed E-state index contributed by atoms with van der Waals surface area (Å²) < 4.78 is 17.2. The Balaban J connectivity index is 0.000000188. The van der Waals surface area contributed by atoms with Crippen molar-refractivity contribution >= 4 is 105 Å². The van der Waals surface area contributed by atoms with Crippen molar-refractivity contribution in [3.8, 4) is 45.5 Å². The molecule has 0 spiro atoms. The number of aryl methyl sites for hydroxylation is 2. The molecule has 2 aromatic heterocycles. The Kier molecular flexibility index (Phi) is 29.3. The van der Waals surface area contributed by atoms with E-state index in [0.717, 1.165) is 112 Å². The zero-order valence-corrected chi connectivity index (χ0v) is 79.7. The van der Waals surface area contributed by atoms with E-state index in [-0.39, 0.29) is 87.3 Å². The number of halogens is 4. The minimum Gasteiger partial charge on any atom is -0.457 e. The number of rotatable bonds is 20. The number of hydrogen-bond acceptors (Lipinski definition) is 16. The summed E-state index contributed by atoms with van der Waals surface area (Å²) in [5, 5.41) is 33.2. The summed E-state index contributed by atoms with van der Waals surface area (Å²) >= 11 is 25.7. The van der Waals surface area contributed by atoms with Crippen LogP contribution in [0.2, 0.25) is 20.1 Å². The summed E-state index contributed by atoms with van der Waals surface area (Å²) in [5.74, 6) is -3.22. The van der Waals surface area contributed by atoms with Crippen LogP contribution in [0.3, 0.4) is 0 Å². The normalized spacial score (nSPS) is 23.8. The summed E-state index contributed by atoms with van der Waals surface area (Å²) in [7, 11) is 6.10. The summed E-state index contributed by atoms with van der Waals surface area (Å²) in [4.78, 5) is 137. The van der Waals surface area contributed by atoms with Crippen LogP contribution in [-0.4, -0.2) is 197 Å². The second-order valence-corrected chi connectivity index (χ2v) is 39.5. The Hall–Kier alpha value is -11.6. The molecule has 0 unspecified atom stereocenters. The monoisotopic (exact) mass is 1900 g/mol. The van der Waals surface area contributed by atoms with Crippen molar-refractivity contribution in [3.05, 3.63) is 283 Å². The van der Waals surface area contributed by atoms with Gasteiger partial charge in [-0.1, -0.05) is 143 Å². The van der Waals surface area contributed by atoms with Gasteiger partial charge in [-0.15, -0.1) is 0 Å². The van der Waals surface area contributed by atoms with Crippen LogP contribution < -0.4 is 25.4 Å². The number of imidazole rings is 2. The number of nitrogens with zero attached hydrogens (tertiary/aromatic N) is 9. The quantitative estimate of drug-likeness (QED) is 0.0474. The maximum absolute atomic E-state index is 15.3. The SMILES string of the molecule is C[C@H]1C(=O)C[C@@H](CO)C(=O)N[C@@]2(Cc3ccc(Cl)cc3)CCCN(C2)C(=O)[C@H]([C@@H]2CCc3ccccc32)CC(=O)N1Cc1ccc(Cl)cc1Oc1ccc(-c2cnc(C3=CCN(C)C3)n2C)cc1.C[C@H]1C(=O)C[C@@H](CO)C(=O)N[C@@]2(Cc3ccc(Cl)cc3)CCCN(C2)C(=O)[C@H]([C@@H]2CCc3ccccc32)CC(=O)N1Cc1ccc(Cl)cc1Oc1ccc(-c2cnc(C3=CCNC3)n2C)cc1. The zero-order valence-electron chi connectivity index (χ0n) is 76.6. The van der Waals surface area contributed by atoms with E-state index in [1.54, 1.807) is 74.5 Å². The highest BCUT2D eigenvalue weighted by Crippen LogP contribution is 2.46. The Bertz CT molecular complexity index is 6180. The average Bonchev–Trinajstić information content (AvgIpc) is 1.63. The Labute approximate surface area is 807 Å². The number of carbonyl (C=O) groups is 8. The van der Waals surface area contributed by atoms with Gasteiger partial charge in [0.05, 0.1) is 96.9 Å². The van der Waals surface area contributed by atoms with E-state index in [0.29, 0.717) is 119 Å². The number of aliphatic hydroxyl groups is 2. The van der Waals surface area contributed by atoms with E-state index in [1.807, 2.05) is 133 Å². The Morgan fingerprint density at radius 2 is 0.904 bits per heavy atom. The molecule has 4 fully saturated rings. The molecule has 6 amide bonds. The maximum Gasteiger partial charge on any atom is 0.226 e. The van der Waals surface area contributed by atoms with Crippen LogP contribution in [0, 0.1) is 23.7 Å². The highest BCUT2D eigenvalue weighted by molar-refractivity contribution is 6.31. The van der Waals surface area contributed by atoms with E-state index >= 15 is 19.2 Å². The van der Waals surface area contributed by atoms with Crippen LogP contribution in [0.1, 0.15) is 146 Å². The third-order valence-electron chi connectivity index (χ3n) is 28.7. The third kappa shape index (κ3) is 21.3. The van der Waals surface area contributed by atoms with Crippen molar-refractivity contribution < 1.29 is 58.0 Å². The predicted octanol–water partition coefficient (Wildman–Crippen LogP) is 16.2. The summed E-state index contributed by atoms with van der Waals surface area (Å²) in [6.45, 7) is 6.71. The van der Waals surface area contributed by atoms with E-state index < -0.39 is 83.4 Å². The first-order valence-electron chi connectivity index (χ1n) is 46.8. The summed E-state index contributed by atoms with van der Waals surface area (Å²) in [6.07, 6.45) is 13.4. The van der Waals surface area contributed by atoms with Crippen LogP contribution >= 0.6 is 46.4 Å². The predicted molar refractivity (Wildman–Crippen MR) is 522 cm³/mol. The lowest BCUT2D eigenvalue weighted by atomic mass is 9.79. The molecule has 4 saturated heterocycles. The minimum absolute atomic E-state index is 0.0504. The Morgan fingerprint density at radius 3 is 1.31 bits per heavy atom. The molecule has 0 radical (unpaired) electrons. The fraction of sp³-hybridized carbons (Fsp3) is 0.383. The maximum atomic E-state index is 15.3. The van der Waals surface area contributed by atoms with Gasteiger partial charge in [0.1, 0.15) is 34.6 Å². The number of carbonyl (C=O) groups excluding carboxylic acids is 8. The number of Topliss-reactive ketones (excluding diaryl/α,β-unsaturated/α-hetero) is 2. The van der Waals surface area contributed by atoms with Gasteiger partial charge in [0.2, 0.25) is 35.4 Å². The van der Waals surface area contributed by atoms with Gasteiger partial charge in [-0.2, -0.15) is 0 Å². The summed E-state index contributed by atoms with van der Waals surface area (Å²) in [6, 6.07) is 54.7. The zero-order chi connectivity index (χ0) is 94.5. The number of aromatic nitrogens is 4. The molecule has 10 aromatic rings. The van der Waals surface area contributed by atoms with Gasteiger partial charge in [-0.05, 0) is 227 Å². The molecule has 8 heterocycles. The first-order chi connectivity index (χ1) is 65.2. The van der Waals surface area contributed by atoms with Crippen LogP contribution in [0.15, 0.2) is 207 Å². The minimum atomic E-state index is -1.09. The number of ketones is 2. The number of benzene rings is 8. The van der Waals surface area contributed by atoms with Crippen LogP contribution in [0.5, 0.6) is 23.0 Å². The number of ether oxygens (including phenoxy) is 2.